The number of sulfone groups is 1. The van der Waals surface area contributed by atoms with Gasteiger partial charge in [-0.05, 0) is 12.8 Å². The van der Waals surface area contributed by atoms with Crippen LogP contribution in [0.3, 0.4) is 0 Å². The van der Waals surface area contributed by atoms with Gasteiger partial charge in [0.2, 0.25) is 10.0 Å². The zero-order valence-electron chi connectivity index (χ0n) is 9.40. The molecule has 0 spiro atoms. The van der Waals surface area contributed by atoms with Crippen LogP contribution in [0.2, 0.25) is 0 Å². The molecule has 0 radical (unpaired) electrons. The Kier molecular flexibility index (Phi) is 3.64. The summed E-state index contributed by atoms with van der Waals surface area (Å²) in [4.78, 5) is 0. The van der Waals surface area contributed by atoms with Gasteiger partial charge in [0.05, 0.1) is 23.3 Å². The SMILES string of the molecule is O=S1(=O)CCC(S(=O)(=O)NCc2nn[nH]n2)CC1. The van der Waals surface area contributed by atoms with Gasteiger partial charge in [-0.2, -0.15) is 5.21 Å². The predicted octanol–water partition coefficient (Wildman–Crippen LogP) is -1.80. The molecule has 2 heterocycles. The van der Waals surface area contributed by atoms with Crippen LogP contribution >= 0.6 is 0 Å². The number of hydrogen-bond acceptors (Lipinski definition) is 7. The number of sulfonamides is 1. The summed E-state index contributed by atoms with van der Waals surface area (Å²) in [6.07, 6.45) is 0.258. The zero-order valence-corrected chi connectivity index (χ0v) is 11.0. The number of tetrazole rings is 1. The molecule has 9 nitrogen and oxygen atoms in total. The molecule has 2 rings (SSSR count). The lowest BCUT2D eigenvalue weighted by Crippen LogP contribution is -2.39. The van der Waals surface area contributed by atoms with Crippen molar-refractivity contribution in [2.45, 2.75) is 24.6 Å². The van der Waals surface area contributed by atoms with E-state index in [1.807, 2.05) is 0 Å². The number of aromatic nitrogens is 4. The van der Waals surface area contributed by atoms with Crippen LogP contribution in [-0.2, 0) is 26.4 Å². The topological polar surface area (TPSA) is 135 Å². The minimum absolute atomic E-state index is 0.0535. The quantitative estimate of drug-likeness (QED) is 0.668. The van der Waals surface area contributed by atoms with Gasteiger partial charge in [-0.15, -0.1) is 10.2 Å². The predicted molar refractivity (Wildman–Crippen MR) is 61.6 cm³/mol. The van der Waals surface area contributed by atoms with Crippen molar-refractivity contribution in [3.05, 3.63) is 5.82 Å². The monoisotopic (exact) mass is 295 g/mol. The van der Waals surface area contributed by atoms with Gasteiger partial charge >= 0.3 is 0 Å². The molecule has 1 aliphatic heterocycles. The first-order valence-corrected chi connectivity index (χ1v) is 8.67. The van der Waals surface area contributed by atoms with E-state index in [1.165, 1.54) is 0 Å². The Morgan fingerprint density at radius 1 is 1.33 bits per heavy atom. The van der Waals surface area contributed by atoms with Crippen LogP contribution < -0.4 is 4.72 Å². The lowest BCUT2D eigenvalue weighted by molar-refractivity contribution is 0.541. The number of nitrogens with zero attached hydrogens (tertiary/aromatic N) is 3. The van der Waals surface area contributed by atoms with Crippen molar-refractivity contribution in [3.63, 3.8) is 0 Å². The van der Waals surface area contributed by atoms with Gasteiger partial charge < -0.3 is 0 Å². The van der Waals surface area contributed by atoms with Gasteiger partial charge in [-0.1, -0.05) is 5.21 Å². The Labute approximate surface area is 104 Å². The van der Waals surface area contributed by atoms with Crippen molar-refractivity contribution < 1.29 is 16.8 Å². The molecule has 1 fully saturated rings. The number of H-pyrrole nitrogens is 1. The molecular weight excluding hydrogens is 282 g/mol. The van der Waals surface area contributed by atoms with Gasteiger partial charge in [-0.25, -0.2) is 21.6 Å². The molecule has 1 saturated heterocycles. The summed E-state index contributed by atoms with van der Waals surface area (Å²) in [5.74, 6) is 0.0729. The summed E-state index contributed by atoms with van der Waals surface area (Å²) in [7, 11) is -6.61. The van der Waals surface area contributed by atoms with Gasteiger partial charge in [0.1, 0.15) is 9.84 Å². The van der Waals surface area contributed by atoms with Crippen LogP contribution in [0, 0.1) is 0 Å². The standard InChI is InChI=1S/C7H13N5O4S2/c13-17(14)3-1-6(2-4-17)18(15,16)8-5-7-9-11-12-10-7/h6,8H,1-5H2,(H,9,10,11,12). The summed E-state index contributed by atoms with van der Waals surface area (Å²) in [6.45, 7) is -0.0535. The molecule has 102 valence electrons. The van der Waals surface area contributed by atoms with E-state index in [2.05, 4.69) is 25.3 Å². The number of nitrogens with one attached hydrogen (secondary N) is 2. The van der Waals surface area contributed by atoms with E-state index in [-0.39, 0.29) is 36.7 Å². The van der Waals surface area contributed by atoms with E-state index in [0.717, 1.165) is 0 Å². The smallest absolute Gasteiger partial charge is 0.214 e. The van der Waals surface area contributed by atoms with E-state index in [9.17, 15) is 16.8 Å². The number of rotatable bonds is 4. The fourth-order valence-electron chi connectivity index (χ4n) is 1.72. The molecule has 0 aromatic carbocycles. The van der Waals surface area contributed by atoms with E-state index >= 15 is 0 Å². The van der Waals surface area contributed by atoms with Gasteiger partial charge in [-0.3, -0.25) is 0 Å². The second-order valence-electron chi connectivity index (χ2n) is 4.05. The van der Waals surface area contributed by atoms with Crippen molar-refractivity contribution in [2.75, 3.05) is 11.5 Å². The molecule has 1 aromatic rings. The van der Waals surface area contributed by atoms with E-state index in [1.54, 1.807) is 0 Å². The molecule has 1 aromatic heterocycles. The van der Waals surface area contributed by atoms with Gasteiger partial charge in [0.25, 0.3) is 0 Å². The Morgan fingerprint density at radius 3 is 2.56 bits per heavy atom. The summed E-state index contributed by atoms with van der Waals surface area (Å²) in [6, 6.07) is 0. The lowest BCUT2D eigenvalue weighted by atomic mass is 10.2. The van der Waals surface area contributed by atoms with Crippen molar-refractivity contribution in [1.29, 1.82) is 0 Å². The molecular formula is C7H13N5O4S2. The van der Waals surface area contributed by atoms with E-state index < -0.39 is 25.1 Å². The Hall–Kier alpha value is -1.07. The maximum Gasteiger partial charge on any atom is 0.214 e. The van der Waals surface area contributed by atoms with E-state index in [0.29, 0.717) is 0 Å². The van der Waals surface area contributed by atoms with Crippen LogP contribution in [0.25, 0.3) is 0 Å². The first-order chi connectivity index (χ1) is 8.39. The third-order valence-corrected chi connectivity index (χ3v) is 6.37. The average Bonchev–Trinajstić information content (AvgIpc) is 2.79. The van der Waals surface area contributed by atoms with Gasteiger partial charge in [0.15, 0.2) is 5.82 Å². The van der Waals surface area contributed by atoms with Crippen LogP contribution in [0.15, 0.2) is 0 Å². The fraction of sp³-hybridized carbons (Fsp3) is 0.857. The minimum Gasteiger partial charge on any atom is -0.229 e. The fourth-order valence-corrected chi connectivity index (χ4v) is 4.93. The summed E-state index contributed by atoms with van der Waals surface area (Å²) >= 11 is 0. The second kappa shape index (κ2) is 4.90. The zero-order chi connectivity index (χ0) is 13.2. The molecule has 18 heavy (non-hydrogen) atoms. The highest BCUT2D eigenvalue weighted by molar-refractivity contribution is 7.92. The van der Waals surface area contributed by atoms with Gasteiger partial charge in [0, 0.05) is 0 Å². The largest absolute Gasteiger partial charge is 0.229 e. The Bertz CT molecular complexity index is 580. The molecule has 0 unspecified atom stereocenters. The molecule has 1 aliphatic rings. The highest BCUT2D eigenvalue weighted by Gasteiger charge is 2.32. The van der Waals surface area contributed by atoms with Crippen LogP contribution in [0.5, 0.6) is 0 Å². The third-order valence-electron chi connectivity index (χ3n) is 2.76. The van der Waals surface area contributed by atoms with Crippen molar-refractivity contribution >= 4 is 19.9 Å². The summed E-state index contributed by atoms with van der Waals surface area (Å²) < 4.78 is 48.6. The molecule has 2 N–H and O–H groups in total. The van der Waals surface area contributed by atoms with Crippen molar-refractivity contribution in [3.8, 4) is 0 Å². The second-order valence-corrected chi connectivity index (χ2v) is 8.39. The Balaban J connectivity index is 1.95. The molecule has 0 saturated carbocycles. The average molecular weight is 295 g/mol. The van der Waals surface area contributed by atoms with Crippen molar-refractivity contribution in [2.24, 2.45) is 0 Å². The normalized spacial score (nSPS) is 20.9. The van der Waals surface area contributed by atoms with Crippen LogP contribution in [0.1, 0.15) is 18.7 Å². The molecule has 0 bridgehead atoms. The maximum absolute atomic E-state index is 11.9. The number of aromatic amines is 1. The van der Waals surface area contributed by atoms with Crippen LogP contribution in [-0.4, -0.2) is 54.2 Å². The summed E-state index contributed by atoms with van der Waals surface area (Å²) in [5.41, 5.74) is 0. The van der Waals surface area contributed by atoms with Crippen molar-refractivity contribution in [1.82, 2.24) is 25.3 Å². The highest BCUT2D eigenvalue weighted by Crippen LogP contribution is 2.18. The Morgan fingerprint density at radius 2 is 2.00 bits per heavy atom. The molecule has 0 atom stereocenters. The number of hydrogen-bond donors (Lipinski definition) is 2. The maximum atomic E-state index is 11.9. The van der Waals surface area contributed by atoms with Crippen LogP contribution in [0.4, 0.5) is 0 Å². The third kappa shape index (κ3) is 3.23. The van der Waals surface area contributed by atoms with E-state index in [4.69, 9.17) is 0 Å². The minimum atomic E-state index is -3.55. The lowest BCUT2D eigenvalue weighted by Gasteiger charge is -2.21. The highest BCUT2D eigenvalue weighted by atomic mass is 32.2. The molecule has 0 amide bonds. The molecule has 11 heteroatoms. The first-order valence-electron chi connectivity index (χ1n) is 5.30. The molecule has 0 aliphatic carbocycles. The first kappa shape index (κ1) is 13.4. The summed E-state index contributed by atoms with van der Waals surface area (Å²) in [5, 5.41) is 12.1.